The summed E-state index contributed by atoms with van der Waals surface area (Å²) in [6.07, 6.45) is 5.61. The largest absolute Gasteiger partial charge is 0.324 e. The number of benzene rings is 1. The van der Waals surface area contributed by atoms with Crippen molar-refractivity contribution >= 4 is 15.9 Å². The van der Waals surface area contributed by atoms with E-state index in [9.17, 15) is 17.6 Å². The molecule has 29 heavy (non-hydrogen) atoms. The van der Waals surface area contributed by atoms with Gasteiger partial charge in [0.25, 0.3) is 0 Å². The Morgan fingerprint density at radius 2 is 1.97 bits per heavy atom. The summed E-state index contributed by atoms with van der Waals surface area (Å²) in [5, 5.41) is 3.41. The zero-order valence-electron chi connectivity index (χ0n) is 17.4. The van der Waals surface area contributed by atoms with Crippen LogP contribution in [-0.2, 0) is 15.4 Å². The van der Waals surface area contributed by atoms with Crippen molar-refractivity contribution in [1.82, 2.24) is 15.1 Å². The van der Waals surface area contributed by atoms with Crippen LogP contribution in [-0.4, -0.2) is 69.5 Å². The molecule has 8 heteroatoms. The first-order valence-electron chi connectivity index (χ1n) is 10.4. The number of hydrogen-bond acceptors (Lipinski definition) is 4. The lowest BCUT2D eigenvalue weighted by atomic mass is 9.82. The maximum atomic E-state index is 13.9. The number of hydrogen-bond donors (Lipinski definition) is 1. The highest BCUT2D eigenvalue weighted by molar-refractivity contribution is 7.90. The van der Waals surface area contributed by atoms with Crippen molar-refractivity contribution in [2.24, 2.45) is 5.92 Å². The molecule has 162 valence electrons. The summed E-state index contributed by atoms with van der Waals surface area (Å²) in [4.78, 5) is 16.8. The molecule has 0 aromatic heterocycles. The summed E-state index contributed by atoms with van der Waals surface area (Å²) >= 11 is 0. The molecule has 0 radical (unpaired) electrons. The molecule has 1 aliphatic heterocycles. The molecule has 1 saturated carbocycles. The number of rotatable bonds is 7. The minimum absolute atomic E-state index is 0.0307. The van der Waals surface area contributed by atoms with Crippen molar-refractivity contribution in [1.29, 1.82) is 0 Å². The van der Waals surface area contributed by atoms with Crippen LogP contribution in [0.5, 0.6) is 0 Å². The lowest BCUT2D eigenvalue weighted by Crippen LogP contribution is -2.47. The van der Waals surface area contributed by atoms with E-state index < -0.39 is 15.4 Å². The maximum Gasteiger partial charge on any atom is 0.320 e. The number of nitrogens with zero attached hydrogens (tertiary/aromatic N) is 2. The van der Waals surface area contributed by atoms with Crippen LogP contribution in [0.2, 0.25) is 0 Å². The van der Waals surface area contributed by atoms with Gasteiger partial charge in [-0.1, -0.05) is 12.1 Å². The average molecular weight is 426 g/mol. The van der Waals surface area contributed by atoms with Crippen LogP contribution in [0, 0.1) is 11.7 Å². The van der Waals surface area contributed by atoms with E-state index in [2.05, 4.69) is 5.32 Å². The number of sulfone groups is 1. The van der Waals surface area contributed by atoms with Crippen LogP contribution in [0.15, 0.2) is 24.3 Å². The summed E-state index contributed by atoms with van der Waals surface area (Å²) in [6.45, 7) is 1.97. The summed E-state index contributed by atoms with van der Waals surface area (Å²) < 4.78 is 37.2. The minimum atomic E-state index is -3.15. The molecular formula is C21H32FN3O3S. The summed E-state index contributed by atoms with van der Waals surface area (Å²) in [6, 6.07) is 6.60. The quantitative estimate of drug-likeness (QED) is 0.729. The lowest BCUT2D eigenvalue weighted by molar-refractivity contribution is 0.153. The highest BCUT2D eigenvalue weighted by Crippen LogP contribution is 2.34. The van der Waals surface area contributed by atoms with Gasteiger partial charge >= 0.3 is 6.03 Å². The monoisotopic (exact) mass is 425 g/mol. The normalized spacial score (nSPS) is 24.2. The molecule has 1 aromatic rings. The van der Waals surface area contributed by atoms with Crippen LogP contribution >= 0.6 is 0 Å². The van der Waals surface area contributed by atoms with Gasteiger partial charge in [0, 0.05) is 38.0 Å². The second-order valence-electron chi connectivity index (χ2n) is 8.48. The van der Waals surface area contributed by atoms with Crippen molar-refractivity contribution in [3.63, 3.8) is 0 Å². The molecule has 2 amide bonds. The molecule has 1 atom stereocenters. The van der Waals surface area contributed by atoms with Gasteiger partial charge in [0.2, 0.25) is 0 Å². The first kappa shape index (κ1) is 22.0. The topological polar surface area (TPSA) is 69.7 Å². The number of carbonyl (C=O) groups is 1. The van der Waals surface area contributed by atoms with E-state index in [0.717, 1.165) is 24.8 Å². The van der Waals surface area contributed by atoms with E-state index in [0.29, 0.717) is 38.4 Å². The lowest BCUT2D eigenvalue weighted by Gasteiger charge is -2.35. The van der Waals surface area contributed by atoms with Crippen LogP contribution < -0.4 is 5.32 Å². The van der Waals surface area contributed by atoms with Gasteiger partial charge in [0.1, 0.15) is 15.7 Å². The van der Waals surface area contributed by atoms with Crippen molar-refractivity contribution in [2.75, 3.05) is 45.2 Å². The molecule has 0 spiro atoms. The van der Waals surface area contributed by atoms with E-state index in [4.69, 9.17) is 0 Å². The van der Waals surface area contributed by atoms with Crippen molar-refractivity contribution in [2.45, 2.75) is 37.6 Å². The van der Waals surface area contributed by atoms with Gasteiger partial charge < -0.3 is 15.1 Å². The van der Waals surface area contributed by atoms with Gasteiger partial charge in [-0.2, -0.15) is 0 Å². The Bertz CT molecular complexity index is 828. The minimum Gasteiger partial charge on any atom is -0.324 e. The molecule has 1 aromatic carbocycles. The van der Waals surface area contributed by atoms with Crippen molar-refractivity contribution in [3.05, 3.63) is 35.6 Å². The Balaban J connectivity index is 1.84. The van der Waals surface area contributed by atoms with E-state index >= 15 is 0 Å². The third kappa shape index (κ3) is 5.92. The fourth-order valence-corrected chi connectivity index (χ4v) is 4.70. The van der Waals surface area contributed by atoms with E-state index in [-0.39, 0.29) is 24.1 Å². The van der Waals surface area contributed by atoms with Gasteiger partial charge in [-0.3, -0.25) is 0 Å². The number of amides is 2. The van der Waals surface area contributed by atoms with Crippen LogP contribution in [0.25, 0.3) is 0 Å². The Morgan fingerprint density at radius 1 is 1.21 bits per heavy atom. The molecular weight excluding hydrogens is 393 g/mol. The number of nitrogens with one attached hydrogen (secondary N) is 1. The first-order valence-corrected chi connectivity index (χ1v) is 12.4. The number of carbonyl (C=O) groups excluding carboxylic acids is 1. The molecule has 2 aliphatic rings. The predicted molar refractivity (Wildman–Crippen MR) is 112 cm³/mol. The van der Waals surface area contributed by atoms with Gasteiger partial charge in [-0.15, -0.1) is 0 Å². The molecule has 2 fully saturated rings. The molecule has 1 aliphatic carbocycles. The zero-order chi connectivity index (χ0) is 21.1. The average Bonchev–Trinajstić information content (AvgIpc) is 3.47. The molecule has 0 unspecified atom stereocenters. The molecule has 0 bridgehead atoms. The Hall–Kier alpha value is -1.67. The summed E-state index contributed by atoms with van der Waals surface area (Å²) in [7, 11) is -1.26. The fraction of sp³-hybridized carbons (Fsp3) is 0.667. The number of halogens is 1. The Kier molecular flexibility index (Phi) is 6.83. The SMILES string of the molecule is CN[C@@]1(c2cccc(F)c2)CCCN(CCS(C)(=O)=O)C(=O)N(CC2CC2)CC1. The standard InChI is InChI=1S/C21H32FN3O3S/c1-23-21(18-5-3-6-19(22)15-18)9-4-11-24(13-14-29(2,27)28)20(26)25(12-10-21)16-17-7-8-17/h3,5-6,15,17,23H,4,7-14,16H2,1-2H3/t21-/m0/s1. The van der Waals surface area contributed by atoms with E-state index in [1.807, 2.05) is 18.0 Å². The van der Waals surface area contributed by atoms with E-state index in [1.54, 1.807) is 17.0 Å². The van der Waals surface area contributed by atoms with Gasteiger partial charge in [-0.25, -0.2) is 17.6 Å². The fourth-order valence-electron chi connectivity index (χ4n) is 4.15. The third-order valence-electron chi connectivity index (χ3n) is 6.14. The van der Waals surface area contributed by atoms with Crippen LogP contribution in [0.4, 0.5) is 9.18 Å². The second-order valence-corrected chi connectivity index (χ2v) is 10.7. The summed E-state index contributed by atoms with van der Waals surface area (Å²) in [5.74, 6) is 0.240. The Morgan fingerprint density at radius 3 is 2.59 bits per heavy atom. The first-order chi connectivity index (χ1) is 13.7. The Labute approximate surface area is 173 Å². The third-order valence-corrected chi connectivity index (χ3v) is 7.07. The van der Waals surface area contributed by atoms with E-state index in [1.165, 1.54) is 12.3 Å². The molecule has 3 rings (SSSR count). The van der Waals surface area contributed by atoms with Gasteiger partial charge in [0.05, 0.1) is 5.75 Å². The molecule has 6 nitrogen and oxygen atoms in total. The highest BCUT2D eigenvalue weighted by atomic mass is 32.2. The predicted octanol–water partition coefficient (Wildman–Crippen LogP) is 2.60. The maximum absolute atomic E-state index is 13.9. The van der Waals surface area contributed by atoms with Crippen LogP contribution in [0.3, 0.4) is 0 Å². The summed E-state index contributed by atoms with van der Waals surface area (Å²) in [5.41, 5.74) is 0.472. The van der Waals surface area contributed by atoms with Crippen LogP contribution in [0.1, 0.15) is 37.7 Å². The highest BCUT2D eigenvalue weighted by Gasteiger charge is 2.36. The smallest absolute Gasteiger partial charge is 0.320 e. The second kappa shape index (κ2) is 9.00. The molecule has 1 saturated heterocycles. The van der Waals surface area contributed by atoms with Crippen molar-refractivity contribution < 1.29 is 17.6 Å². The molecule has 1 N–H and O–H groups in total. The molecule has 1 heterocycles. The zero-order valence-corrected chi connectivity index (χ0v) is 18.2. The number of urea groups is 1. The van der Waals surface area contributed by atoms with Crippen molar-refractivity contribution in [3.8, 4) is 0 Å². The van der Waals surface area contributed by atoms with Gasteiger partial charge in [0.15, 0.2) is 0 Å². The van der Waals surface area contributed by atoms with Gasteiger partial charge in [-0.05, 0) is 62.8 Å².